The number of hydrogen-bond acceptors (Lipinski definition) is 3. The Kier molecular flexibility index (Phi) is 5.24. The molecule has 0 aliphatic rings. The van der Waals surface area contributed by atoms with Gasteiger partial charge >= 0.3 is 5.97 Å². The van der Waals surface area contributed by atoms with Crippen LogP contribution >= 0.6 is 11.6 Å². The number of ether oxygens (including phenoxy) is 1. The number of esters is 1. The molecule has 0 atom stereocenters. The molecule has 0 amide bonds. The van der Waals surface area contributed by atoms with E-state index in [9.17, 15) is 4.79 Å². The van der Waals surface area contributed by atoms with Crippen LogP contribution in [0.3, 0.4) is 0 Å². The molecule has 0 aliphatic heterocycles. The third kappa shape index (κ3) is 3.55. The van der Waals surface area contributed by atoms with Crippen molar-refractivity contribution in [1.29, 1.82) is 0 Å². The van der Waals surface area contributed by atoms with Crippen LogP contribution in [0.1, 0.15) is 27.3 Å². The fraction of sp³-hybridized carbons (Fsp3) is 0.143. The molecule has 0 aliphatic carbocycles. The summed E-state index contributed by atoms with van der Waals surface area (Å²) in [5.41, 5.74) is 5.20. The van der Waals surface area contributed by atoms with Gasteiger partial charge in [0.15, 0.2) is 0 Å². The van der Waals surface area contributed by atoms with Crippen molar-refractivity contribution in [2.75, 3.05) is 7.11 Å². The summed E-state index contributed by atoms with van der Waals surface area (Å²) in [6.45, 7) is 4.08. The van der Waals surface area contributed by atoms with Gasteiger partial charge in [0.1, 0.15) is 0 Å². The molecule has 5 heteroatoms. The first-order valence-electron chi connectivity index (χ1n) is 8.17. The van der Waals surface area contributed by atoms with Crippen molar-refractivity contribution in [3.8, 4) is 5.69 Å². The standard InChI is InChI=1S/C21H19ClN2O2/c1-14-12-16(15(2)24(14)18-10-8-17(22)9-11-18)13-23-20-7-5-4-6-19(20)21(25)26-3/h4-13H,1-3H3. The van der Waals surface area contributed by atoms with E-state index in [0.29, 0.717) is 16.3 Å². The zero-order valence-corrected chi connectivity index (χ0v) is 15.6. The molecule has 1 aromatic heterocycles. The number of carbonyl (C=O) groups is 1. The van der Waals surface area contributed by atoms with Crippen LogP contribution < -0.4 is 0 Å². The molecule has 0 radical (unpaired) electrons. The summed E-state index contributed by atoms with van der Waals surface area (Å²) < 4.78 is 6.96. The summed E-state index contributed by atoms with van der Waals surface area (Å²) in [6.07, 6.45) is 1.77. The van der Waals surface area contributed by atoms with Crippen LogP contribution in [0, 0.1) is 13.8 Å². The second-order valence-electron chi connectivity index (χ2n) is 5.91. The number of aromatic nitrogens is 1. The molecular formula is C21H19ClN2O2. The molecule has 3 rings (SSSR count). The van der Waals surface area contributed by atoms with Gasteiger partial charge in [-0.25, -0.2) is 4.79 Å². The predicted molar refractivity (Wildman–Crippen MR) is 105 cm³/mol. The average Bonchev–Trinajstić information content (AvgIpc) is 2.94. The first-order chi connectivity index (χ1) is 12.5. The summed E-state index contributed by atoms with van der Waals surface area (Å²) >= 11 is 5.99. The van der Waals surface area contributed by atoms with E-state index < -0.39 is 5.97 Å². The molecule has 1 heterocycles. The third-order valence-corrected chi connectivity index (χ3v) is 4.46. The Morgan fingerprint density at radius 3 is 2.50 bits per heavy atom. The monoisotopic (exact) mass is 366 g/mol. The summed E-state index contributed by atoms with van der Waals surface area (Å²) in [7, 11) is 1.36. The molecule has 2 aromatic carbocycles. The summed E-state index contributed by atoms with van der Waals surface area (Å²) in [5, 5.41) is 0.706. The molecule has 132 valence electrons. The number of carbonyl (C=O) groups excluding carboxylic acids is 1. The maximum absolute atomic E-state index is 11.9. The quantitative estimate of drug-likeness (QED) is 0.465. The van der Waals surface area contributed by atoms with Gasteiger partial charge in [-0.1, -0.05) is 23.7 Å². The van der Waals surface area contributed by atoms with Gasteiger partial charge in [0, 0.05) is 33.9 Å². The van der Waals surface area contributed by atoms with Gasteiger partial charge in [-0.05, 0) is 56.3 Å². The molecule has 0 saturated carbocycles. The topological polar surface area (TPSA) is 43.6 Å². The van der Waals surface area contributed by atoms with E-state index in [2.05, 4.69) is 15.6 Å². The zero-order chi connectivity index (χ0) is 18.7. The van der Waals surface area contributed by atoms with E-state index in [-0.39, 0.29) is 0 Å². The lowest BCUT2D eigenvalue weighted by Gasteiger charge is -2.09. The maximum Gasteiger partial charge on any atom is 0.340 e. The first-order valence-corrected chi connectivity index (χ1v) is 8.55. The molecule has 3 aromatic rings. The van der Waals surface area contributed by atoms with Crippen LogP contribution in [0.2, 0.25) is 5.02 Å². The summed E-state index contributed by atoms with van der Waals surface area (Å²) in [5.74, 6) is -0.399. The highest BCUT2D eigenvalue weighted by Crippen LogP contribution is 2.23. The van der Waals surface area contributed by atoms with Crippen LogP contribution in [-0.2, 0) is 4.74 Å². The van der Waals surface area contributed by atoms with Crippen LogP contribution in [0.15, 0.2) is 59.6 Å². The minimum atomic E-state index is -0.399. The Labute approximate surface area is 157 Å². The molecule has 0 fully saturated rings. The van der Waals surface area contributed by atoms with Crippen LogP contribution in [0.4, 0.5) is 5.69 Å². The number of nitrogens with zero attached hydrogens (tertiary/aromatic N) is 2. The lowest BCUT2D eigenvalue weighted by Crippen LogP contribution is -2.01. The van der Waals surface area contributed by atoms with E-state index >= 15 is 0 Å². The van der Waals surface area contributed by atoms with Crippen molar-refractivity contribution in [1.82, 2.24) is 4.57 Å². The van der Waals surface area contributed by atoms with E-state index in [1.165, 1.54) is 7.11 Å². The van der Waals surface area contributed by atoms with Crippen LogP contribution in [0.25, 0.3) is 5.69 Å². The molecule has 0 saturated heterocycles. The second kappa shape index (κ2) is 7.58. The lowest BCUT2D eigenvalue weighted by atomic mass is 10.2. The smallest absolute Gasteiger partial charge is 0.340 e. The third-order valence-electron chi connectivity index (χ3n) is 4.21. The van der Waals surface area contributed by atoms with Crippen molar-refractivity contribution >= 4 is 29.5 Å². The molecule has 0 unspecified atom stereocenters. The number of methoxy groups -OCH3 is 1. The zero-order valence-electron chi connectivity index (χ0n) is 14.9. The molecule has 0 spiro atoms. The van der Waals surface area contributed by atoms with E-state index in [1.807, 2.05) is 44.2 Å². The minimum Gasteiger partial charge on any atom is -0.465 e. The van der Waals surface area contributed by atoms with Crippen LogP contribution in [-0.4, -0.2) is 23.9 Å². The Morgan fingerprint density at radius 2 is 1.81 bits per heavy atom. The average molecular weight is 367 g/mol. The highest BCUT2D eigenvalue weighted by molar-refractivity contribution is 6.30. The second-order valence-corrected chi connectivity index (χ2v) is 6.34. The van der Waals surface area contributed by atoms with Gasteiger partial charge in [-0.15, -0.1) is 0 Å². The van der Waals surface area contributed by atoms with Crippen LogP contribution in [0.5, 0.6) is 0 Å². The van der Waals surface area contributed by atoms with Gasteiger partial charge < -0.3 is 9.30 Å². The highest BCUT2D eigenvalue weighted by atomic mass is 35.5. The van der Waals surface area contributed by atoms with Gasteiger partial charge in [-0.2, -0.15) is 0 Å². The first kappa shape index (κ1) is 18.0. The Balaban J connectivity index is 1.97. The fourth-order valence-corrected chi connectivity index (χ4v) is 3.04. The Morgan fingerprint density at radius 1 is 1.12 bits per heavy atom. The largest absolute Gasteiger partial charge is 0.465 e. The minimum absolute atomic E-state index is 0.399. The predicted octanol–water partition coefficient (Wildman–Crippen LogP) is 5.28. The van der Waals surface area contributed by atoms with E-state index in [0.717, 1.165) is 22.6 Å². The van der Waals surface area contributed by atoms with Gasteiger partial charge in [-0.3, -0.25) is 4.99 Å². The van der Waals surface area contributed by atoms with Crippen molar-refractivity contribution in [2.24, 2.45) is 4.99 Å². The number of aryl methyl sites for hydroxylation is 1. The number of para-hydroxylation sites is 1. The van der Waals surface area contributed by atoms with Gasteiger partial charge in [0.2, 0.25) is 0 Å². The molecule has 0 bridgehead atoms. The number of aliphatic imine (C=N–C) groups is 1. The van der Waals surface area contributed by atoms with E-state index in [1.54, 1.807) is 24.4 Å². The summed E-state index contributed by atoms with van der Waals surface area (Å²) in [4.78, 5) is 16.4. The number of benzene rings is 2. The Hall–Kier alpha value is -2.85. The van der Waals surface area contributed by atoms with E-state index in [4.69, 9.17) is 16.3 Å². The molecule has 4 nitrogen and oxygen atoms in total. The lowest BCUT2D eigenvalue weighted by molar-refractivity contribution is 0.0601. The van der Waals surface area contributed by atoms with Crippen molar-refractivity contribution < 1.29 is 9.53 Å². The number of halogens is 1. The van der Waals surface area contributed by atoms with Gasteiger partial charge in [0.25, 0.3) is 0 Å². The SMILES string of the molecule is COC(=O)c1ccccc1N=Cc1cc(C)n(-c2ccc(Cl)cc2)c1C. The number of rotatable bonds is 4. The maximum atomic E-state index is 11.9. The van der Waals surface area contributed by atoms with Gasteiger partial charge in [0.05, 0.1) is 18.4 Å². The van der Waals surface area contributed by atoms with Crippen molar-refractivity contribution in [3.05, 3.63) is 82.1 Å². The Bertz CT molecular complexity index is 972. The fourth-order valence-electron chi connectivity index (χ4n) is 2.91. The van der Waals surface area contributed by atoms with Crippen molar-refractivity contribution in [2.45, 2.75) is 13.8 Å². The molecule has 26 heavy (non-hydrogen) atoms. The summed E-state index contributed by atoms with van der Waals surface area (Å²) in [6, 6.07) is 16.9. The number of hydrogen-bond donors (Lipinski definition) is 0. The molecular weight excluding hydrogens is 348 g/mol. The normalized spacial score (nSPS) is 11.1. The highest BCUT2D eigenvalue weighted by Gasteiger charge is 2.12. The van der Waals surface area contributed by atoms with Crippen molar-refractivity contribution in [3.63, 3.8) is 0 Å². The molecule has 0 N–H and O–H groups in total.